The second-order valence-electron chi connectivity index (χ2n) is 5.43. The maximum atomic E-state index is 8.94. The first kappa shape index (κ1) is 14.3. The van der Waals surface area contributed by atoms with Crippen LogP contribution in [0.4, 0.5) is 11.6 Å². The summed E-state index contributed by atoms with van der Waals surface area (Å²) < 4.78 is 0. The Morgan fingerprint density at radius 3 is 2.59 bits per heavy atom. The lowest BCUT2D eigenvalue weighted by atomic mass is 10.2. The van der Waals surface area contributed by atoms with Crippen LogP contribution in [0.25, 0.3) is 0 Å². The third-order valence-corrected chi connectivity index (χ3v) is 3.94. The SMILES string of the molecule is N#Cc1ccc(N2CCCCC[C@H]2Nc2ncccn2)cc1. The molecular formula is C17H19N5. The number of nitrogens with one attached hydrogen (secondary N) is 1. The van der Waals surface area contributed by atoms with Crippen molar-refractivity contribution in [1.29, 1.82) is 5.26 Å². The molecule has 0 unspecified atom stereocenters. The van der Waals surface area contributed by atoms with E-state index in [1.807, 2.05) is 30.3 Å². The Morgan fingerprint density at radius 2 is 1.86 bits per heavy atom. The van der Waals surface area contributed by atoms with Crippen molar-refractivity contribution in [2.75, 3.05) is 16.8 Å². The van der Waals surface area contributed by atoms with E-state index < -0.39 is 0 Å². The summed E-state index contributed by atoms with van der Waals surface area (Å²) in [6.07, 6.45) is 8.33. The van der Waals surface area contributed by atoms with Gasteiger partial charge in [-0.25, -0.2) is 9.97 Å². The molecule has 5 heteroatoms. The monoisotopic (exact) mass is 293 g/mol. The van der Waals surface area contributed by atoms with Crippen molar-refractivity contribution in [1.82, 2.24) is 9.97 Å². The summed E-state index contributed by atoms with van der Waals surface area (Å²) in [7, 11) is 0. The third-order valence-electron chi connectivity index (χ3n) is 3.94. The van der Waals surface area contributed by atoms with Crippen molar-refractivity contribution < 1.29 is 0 Å². The minimum absolute atomic E-state index is 0.179. The van der Waals surface area contributed by atoms with Crippen LogP contribution in [0.3, 0.4) is 0 Å². The lowest BCUT2D eigenvalue weighted by Crippen LogP contribution is -2.41. The van der Waals surface area contributed by atoms with Gasteiger partial charge in [-0.05, 0) is 49.6 Å². The van der Waals surface area contributed by atoms with Gasteiger partial charge in [0, 0.05) is 24.6 Å². The van der Waals surface area contributed by atoms with Crippen LogP contribution in [-0.4, -0.2) is 22.7 Å². The van der Waals surface area contributed by atoms with Gasteiger partial charge in [0.25, 0.3) is 0 Å². The smallest absolute Gasteiger partial charge is 0.224 e. The van der Waals surface area contributed by atoms with Crippen LogP contribution in [0.5, 0.6) is 0 Å². The van der Waals surface area contributed by atoms with Crippen molar-refractivity contribution in [3.63, 3.8) is 0 Å². The van der Waals surface area contributed by atoms with Crippen LogP contribution < -0.4 is 10.2 Å². The molecule has 112 valence electrons. The Labute approximate surface area is 130 Å². The van der Waals surface area contributed by atoms with Crippen molar-refractivity contribution >= 4 is 11.6 Å². The lowest BCUT2D eigenvalue weighted by Gasteiger charge is -2.32. The minimum atomic E-state index is 0.179. The molecule has 5 nitrogen and oxygen atoms in total. The molecule has 22 heavy (non-hydrogen) atoms. The van der Waals surface area contributed by atoms with Gasteiger partial charge in [0.2, 0.25) is 5.95 Å². The fourth-order valence-electron chi connectivity index (χ4n) is 2.82. The van der Waals surface area contributed by atoms with E-state index in [9.17, 15) is 0 Å². The van der Waals surface area contributed by atoms with E-state index in [4.69, 9.17) is 5.26 Å². The second kappa shape index (κ2) is 6.90. The first-order valence-electron chi connectivity index (χ1n) is 7.67. The predicted octanol–water partition coefficient (Wildman–Crippen LogP) is 3.17. The van der Waals surface area contributed by atoms with Gasteiger partial charge < -0.3 is 10.2 Å². The molecule has 0 radical (unpaired) electrons. The Morgan fingerprint density at radius 1 is 1.09 bits per heavy atom. The van der Waals surface area contributed by atoms with E-state index in [-0.39, 0.29) is 6.17 Å². The maximum Gasteiger partial charge on any atom is 0.224 e. The van der Waals surface area contributed by atoms with Gasteiger partial charge in [0.05, 0.1) is 11.6 Å². The number of hydrogen-bond acceptors (Lipinski definition) is 5. The number of hydrogen-bond donors (Lipinski definition) is 1. The highest BCUT2D eigenvalue weighted by Gasteiger charge is 2.21. The highest BCUT2D eigenvalue weighted by atomic mass is 15.3. The van der Waals surface area contributed by atoms with E-state index in [0.29, 0.717) is 11.5 Å². The van der Waals surface area contributed by atoms with Crippen molar-refractivity contribution in [2.45, 2.75) is 31.8 Å². The molecule has 0 aliphatic carbocycles. The van der Waals surface area contributed by atoms with E-state index in [2.05, 4.69) is 26.3 Å². The maximum absolute atomic E-state index is 8.94. The molecule has 0 bridgehead atoms. The van der Waals surface area contributed by atoms with Crippen LogP contribution >= 0.6 is 0 Å². The van der Waals surface area contributed by atoms with Gasteiger partial charge in [-0.1, -0.05) is 6.42 Å². The van der Waals surface area contributed by atoms with Crippen LogP contribution in [0.1, 0.15) is 31.2 Å². The molecule has 1 aromatic heterocycles. The van der Waals surface area contributed by atoms with E-state index in [0.717, 1.165) is 18.7 Å². The van der Waals surface area contributed by atoms with Crippen molar-refractivity contribution in [3.05, 3.63) is 48.3 Å². The number of nitrogens with zero attached hydrogens (tertiary/aromatic N) is 4. The molecule has 3 rings (SSSR count). The summed E-state index contributed by atoms with van der Waals surface area (Å²) in [5, 5.41) is 12.4. The summed E-state index contributed by atoms with van der Waals surface area (Å²) in [5.74, 6) is 0.660. The average molecular weight is 293 g/mol. The highest BCUT2D eigenvalue weighted by Crippen LogP contribution is 2.25. The van der Waals surface area contributed by atoms with Crippen molar-refractivity contribution in [2.24, 2.45) is 0 Å². The Kier molecular flexibility index (Phi) is 4.50. The zero-order valence-corrected chi connectivity index (χ0v) is 12.4. The zero-order valence-electron chi connectivity index (χ0n) is 12.4. The molecule has 0 amide bonds. The van der Waals surface area contributed by atoms with Gasteiger partial charge in [-0.15, -0.1) is 0 Å². The standard InChI is InChI=1S/C17H19N5/c18-13-14-6-8-15(9-7-14)22-12-3-1-2-5-16(22)21-17-19-10-4-11-20-17/h4,6-11,16H,1-3,5,12H2,(H,19,20,21)/t16-/m0/s1. The molecule has 1 aromatic carbocycles. The minimum Gasteiger partial charge on any atom is -0.351 e. The molecule has 1 atom stereocenters. The molecule has 1 aliphatic heterocycles. The van der Waals surface area contributed by atoms with Crippen LogP contribution in [0.15, 0.2) is 42.7 Å². The summed E-state index contributed by atoms with van der Waals surface area (Å²) in [6.45, 7) is 0.996. The molecule has 2 heterocycles. The van der Waals surface area contributed by atoms with Gasteiger partial charge >= 0.3 is 0 Å². The second-order valence-corrected chi connectivity index (χ2v) is 5.43. The highest BCUT2D eigenvalue weighted by molar-refractivity contribution is 5.52. The normalized spacial score (nSPS) is 18.3. The van der Waals surface area contributed by atoms with Crippen LogP contribution in [-0.2, 0) is 0 Å². The van der Waals surface area contributed by atoms with Gasteiger partial charge in [-0.3, -0.25) is 0 Å². The van der Waals surface area contributed by atoms with Crippen LogP contribution in [0, 0.1) is 11.3 Å². The van der Waals surface area contributed by atoms with Crippen molar-refractivity contribution in [3.8, 4) is 6.07 Å². The Hall–Kier alpha value is -2.61. The number of rotatable bonds is 3. The molecule has 1 aliphatic rings. The number of nitriles is 1. The van der Waals surface area contributed by atoms with Gasteiger partial charge in [0.15, 0.2) is 0 Å². The molecular weight excluding hydrogens is 274 g/mol. The molecule has 1 fully saturated rings. The molecule has 1 N–H and O–H groups in total. The Bertz CT molecular complexity index is 632. The number of benzene rings is 1. The third kappa shape index (κ3) is 3.34. The zero-order chi connectivity index (χ0) is 15.2. The quantitative estimate of drug-likeness (QED) is 0.941. The molecule has 0 saturated carbocycles. The van der Waals surface area contributed by atoms with E-state index in [1.165, 1.54) is 19.3 Å². The fraction of sp³-hybridized carbons (Fsp3) is 0.353. The number of anilines is 2. The largest absolute Gasteiger partial charge is 0.351 e. The van der Waals surface area contributed by atoms with Gasteiger partial charge in [-0.2, -0.15) is 5.26 Å². The van der Waals surface area contributed by atoms with Crippen LogP contribution in [0.2, 0.25) is 0 Å². The van der Waals surface area contributed by atoms with Gasteiger partial charge in [0.1, 0.15) is 6.17 Å². The summed E-state index contributed by atoms with van der Waals surface area (Å²) in [5.41, 5.74) is 1.82. The predicted molar refractivity (Wildman–Crippen MR) is 86.4 cm³/mol. The number of aromatic nitrogens is 2. The fourth-order valence-corrected chi connectivity index (χ4v) is 2.82. The van der Waals surface area contributed by atoms with E-state index >= 15 is 0 Å². The molecule has 2 aromatic rings. The first-order valence-corrected chi connectivity index (χ1v) is 7.67. The first-order chi connectivity index (χ1) is 10.9. The molecule has 1 saturated heterocycles. The molecule has 0 spiro atoms. The summed E-state index contributed by atoms with van der Waals surface area (Å²) in [6, 6.07) is 11.8. The summed E-state index contributed by atoms with van der Waals surface area (Å²) >= 11 is 0. The summed E-state index contributed by atoms with van der Waals surface area (Å²) in [4.78, 5) is 10.9. The topological polar surface area (TPSA) is 64.8 Å². The Balaban J connectivity index is 1.82. The van der Waals surface area contributed by atoms with E-state index in [1.54, 1.807) is 12.4 Å². The lowest BCUT2D eigenvalue weighted by molar-refractivity contribution is 0.623. The average Bonchev–Trinajstić information content (AvgIpc) is 2.81.